The Morgan fingerprint density at radius 2 is 2.14 bits per heavy atom. The van der Waals surface area contributed by atoms with E-state index in [4.69, 9.17) is 11.6 Å². The summed E-state index contributed by atoms with van der Waals surface area (Å²) in [7, 11) is 0. The Kier molecular flexibility index (Phi) is 3.79. The zero-order valence-electron chi connectivity index (χ0n) is 12.2. The van der Waals surface area contributed by atoms with Gasteiger partial charge in [-0.1, -0.05) is 6.07 Å². The Hall–Kier alpha value is -2.06. The molecular weight excluding hydrogens is 302 g/mol. The van der Waals surface area contributed by atoms with Gasteiger partial charge in [-0.05, 0) is 43.9 Å². The van der Waals surface area contributed by atoms with Crippen LogP contribution in [0.1, 0.15) is 30.4 Å². The Bertz CT molecular complexity index is 682. The van der Waals surface area contributed by atoms with Crippen LogP contribution in [-0.2, 0) is 4.79 Å². The van der Waals surface area contributed by atoms with Gasteiger partial charge in [-0.2, -0.15) is 5.26 Å². The summed E-state index contributed by atoms with van der Waals surface area (Å²) in [6.07, 6.45) is 2.03. The zero-order valence-corrected chi connectivity index (χ0v) is 12.9. The fraction of sp³-hybridized carbons (Fsp3) is 0.438. The molecule has 2 fully saturated rings. The quantitative estimate of drug-likeness (QED) is 0.809. The first kappa shape index (κ1) is 14.9. The van der Waals surface area contributed by atoms with Crippen LogP contribution in [-0.4, -0.2) is 23.4 Å². The van der Waals surface area contributed by atoms with Crippen molar-refractivity contribution in [3.8, 4) is 6.07 Å². The van der Waals surface area contributed by atoms with Crippen LogP contribution in [0.15, 0.2) is 18.2 Å². The van der Waals surface area contributed by atoms with Gasteiger partial charge in [-0.15, -0.1) is 11.6 Å². The highest BCUT2D eigenvalue weighted by molar-refractivity contribution is 6.21. The third-order valence-electron chi connectivity index (χ3n) is 4.56. The SMILES string of the molecule is Cc1c(C#N)cccc1N1C(=O)NC(=O)C2CCC(Cl)CC21. The third-order valence-corrected chi connectivity index (χ3v) is 4.95. The predicted molar refractivity (Wildman–Crippen MR) is 82.7 cm³/mol. The first-order chi connectivity index (χ1) is 10.5. The lowest BCUT2D eigenvalue weighted by atomic mass is 9.81. The number of halogens is 1. The Labute approximate surface area is 133 Å². The fourth-order valence-electron chi connectivity index (χ4n) is 3.39. The molecule has 1 saturated heterocycles. The molecule has 0 aromatic heterocycles. The maximum atomic E-state index is 12.4. The largest absolute Gasteiger partial charge is 0.328 e. The van der Waals surface area contributed by atoms with Crippen LogP contribution in [0.5, 0.6) is 0 Å². The molecule has 3 unspecified atom stereocenters. The van der Waals surface area contributed by atoms with Gasteiger partial charge in [0.2, 0.25) is 5.91 Å². The molecule has 3 amide bonds. The summed E-state index contributed by atoms with van der Waals surface area (Å²) in [5, 5.41) is 11.6. The number of imide groups is 1. The number of hydrogen-bond donors (Lipinski definition) is 1. The fourth-order valence-corrected chi connectivity index (χ4v) is 3.70. The molecule has 3 atom stereocenters. The van der Waals surface area contributed by atoms with E-state index < -0.39 is 6.03 Å². The van der Waals surface area contributed by atoms with Gasteiger partial charge in [-0.3, -0.25) is 15.0 Å². The van der Waals surface area contributed by atoms with E-state index in [1.165, 1.54) is 0 Å². The van der Waals surface area contributed by atoms with Crippen molar-refractivity contribution in [3.63, 3.8) is 0 Å². The highest BCUT2D eigenvalue weighted by Crippen LogP contribution is 2.37. The normalized spacial score (nSPS) is 27.9. The maximum absolute atomic E-state index is 12.4. The van der Waals surface area contributed by atoms with Crippen molar-refractivity contribution in [1.82, 2.24) is 5.32 Å². The zero-order chi connectivity index (χ0) is 15.9. The van der Waals surface area contributed by atoms with Crippen molar-refractivity contribution >= 4 is 29.2 Å². The van der Waals surface area contributed by atoms with Crippen LogP contribution in [0.3, 0.4) is 0 Å². The van der Waals surface area contributed by atoms with Gasteiger partial charge in [0.1, 0.15) is 0 Å². The molecule has 1 heterocycles. The van der Waals surface area contributed by atoms with Crippen molar-refractivity contribution in [2.45, 2.75) is 37.6 Å². The number of amides is 3. The monoisotopic (exact) mass is 317 g/mol. The Morgan fingerprint density at radius 3 is 2.86 bits per heavy atom. The van der Waals surface area contributed by atoms with Gasteiger partial charge < -0.3 is 0 Å². The predicted octanol–water partition coefficient (Wildman–Crippen LogP) is 2.70. The van der Waals surface area contributed by atoms with E-state index in [-0.39, 0.29) is 23.2 Å². The number of nitrogens with zero attached hydrogens (tertiary/aromatic N) is 2. The number of urea groups is 1. The van der Waals surface area contributed by atoms with Crippen LogP contribution >= 0.6 is 11.6 Å². The molecule has 0 spiro atoms. The molecule has 114 valence electrons. The minimum atomic E-state index is -0.435. The van der Waals surface area contributed by atoms with Crippen molar-refractivity contribution in [3.05, 3.63) is 29.3 Å². The third kappa shape index (κ3) is 2.34. The molecule has 1 saturated carbocycles. The van der Waals surface area contributed by atoms with Gasteiger partial charge in [0.05, 0.1) is 23.6 Å². The molecule has 3 rings (SSSR count). The number of carbonyl (C=O) groups excluding carboxylic acids is 2. The van der Waals surface area contributed by atoms with Crippen LogP contribution < -0.4 is 10.2 Å². The molecule has 5 nitrogen and oxygen atoms in total. The molecule has 1 N–H and O–H groups in total. The molecule has 0 radical (unpaired) electrons. The average Bonchev–Trinajstić information content (AvgIpc) is 2.48. The summed E-state index contributed by atoms with van der Waals surface area (Å²) in [5.41, 5.74) is 1.94. The second-order valence-corrected chi connectivity index (χ2v) is 6.43. The van der Waals surface area contributed by atoms with Crippen molar-refractivity contribution in [2.24, 2.45) is 5.92 Å². The standard InChI is InChI=1S/C16H16ClN3O2/c1-9-10(8-18)3-2-4-13(9)20-14-7-11(17)5-6-12(14)15(21)19-16(20)22/h2-4,11-12,14H,5-7H2,1H3,(H,19,21,22). The van der Waals surface area contributed by atoms with E-state index in [0.717, 1.165) is 12.0 Å². The number of alkyl halides is 1. The molecule has 6 heteroatoms. The van der Waals surface area contributed by atoms with E-state index >= 15 is 0 Å². The molecule has 1 aliphatic heterocycles. The van der Waals surface area contributed by atoms with Crippen LogP contribution in [0.25, 0.3) is 0 Å². The smallest absolute Gasteiger partial charge is 0.290 e. The lowest BCUT2D eigenvalue weighted by Crippen LogP contribution is -2.62. The molecular formula is C16H16ClN3O2. The first-order valence-electron chi connectivity index (χ1n) is 7.30. The number of nitrogens with one attached hydrogen (secondary N) is 1. The number of rotatable bonds is 1. The van der Waals surface area contributed by atoms with Crippen molar-refractivity contribution < 1.29 is 9.59 Å². The number of fused-ring (bicyclic) bond motifs is 1. The van der Waals surface area contributed by atoms with Crippen LogP contribution in [0, 0.1) is 24.2 Å². The summed E-state index contributed by atoms with van der Waals surface area (Å²) in [4.78, 5) is 26.1. The van der Waals surface area contributed by atoms with E-state index in [0.29, 0.717) is 24.1 Å². The number of hydrogen-bond acceptors (Lipinski definition) is 3. The summed E-state index contributed by atoms with van der Waals surface area (Å²) >= 11 is 6.26. The van der Waals surface area contributed by atoms with Gasteiger partial charge >= 0.3 is 6.03 Å². The Balaban J connectivity index is 2.06. The van der Waals surface area contributed by atoms with Gasteiger partial charge in [0, 0.05) is 11.1 Å². The topological polar surface area (TPSA) is 73.2 Å². The number of benzene rings is 1. The molecule has 1 aromatic carbocycles. The summed E-state index contributed by atoms with van der Waals surface area (Å²) in [6, 6.07) is 6.72. The maximum Gasteiger partial charge on any atom is 0.328 e. The Morgan fingerprint density at radius 1 is 1.36 bits per heavy atom. The lowest BCUT2D eigenvalue weighted by Gasteiger charge is -2.44. The number of nitriles is 1. The van der Waals surface area contributed by atoms with Crippen LogP contribution in [0.4, 0.5) is 10.5 Å². The summed E-state index contributed by atoms with van der Waals surface area (Å²) in [6.45, 7) is 1.81. The van der Waals surface area contributed by atoms with Crippen molar-refractivity contribution in [2.75, 3.05) is 4.90 Å². The van der Waals surface area contributed by atoms with E-state index in [1.54, 1.807) is 23.1 Å². The molecule has 0 bridgehead atoms. The van der Waals surface area contributed by atoms with Gasteiger partial charge in [0.25, 0.3) is 0 Å². The number of anilines is 1. The molecule has 1 aliphatic carbocycles. The molecule has 22 heavy (non-hydrogen) atoms. The van der Waals surface area contributed by atoms with Crippen LogP contribution in [0.2, 0.25) is 0 Å². The average molecular weight is 318 g/mol. The lowest BCUT2D eigenvalue weighted by molar-refractivity contribution is -0.126. The summed E-state index contributed by atoms with van der Waals surface area (Å²) in [5.74, 6) is -0.457. The van der Waals surface area contributed by atoms with Crippen molar-refractivity contribution in [1.29, 1.82) is 5.26 Å². The minimum Gasteiger partial charge on any atom is -0.290 e. The minimum absolute atomic E-state index is 0.0399. The molecule has 2 aliphatic rings. The highest BCUT2D eigenvalue weighted by atomic mass is 35.5. The van der Waals surface area contributed by atoms with E-state index in [2.05, 4.69) is 11.4 Å². The number of carbonyl (C=O) groups is 2. The van der Waals surface area contributed by atoms with Gasteiger partial charge in [0.15, 0.2) is 0 Å². The molecule has 1 aromatic rings. The van der Waals surface area contributed by atoms with Gasteiger partial charge in [-0.25, -0.2) is 4.79 Å². The van der Waals surface area contributed by atoms with E-state index in [9.17, 15) is 14.9 Å². The second kappa shape index (κ2) is 5.62. The first-order valence-corrected chi connectivity index (χ1v) is 7.74. The summed E-state index contributed by atoms with van der Waals surface area (Å²) < 4.78 is 0. The van der Waals surface area contributed by atoms with E-state index in [1.807, 2.05) is 6.92 Å². The second-order valence-electron chi connectivity index (χ2n) is 5.81. The highest BCUT2D eigenvalue weighted by Gasteiger charge is 2.45.